The number of hydrogen-bond acceptors (Lipinski definition) is 4. The third-order valence-electron chi connectivity index (χ3n) is 3.11. The van der Waals surface area contributed by atoms with Gasteiger partial charge in [0.05, 0.1) is 22.8 Å². The van der Waals surface area contributed by atoms with E-state index in [0.717, 1.165) is 4.47 Å². The number of ether oxygens (including phenoxy) is 1. The third kappa shape index (κ3) is 3.73. The van der Waals surface area contributed by atoms with E-state index < -0.39 is 11.7 Å². The van der Waals surface area contributed by atoms with Crippen LogP contribution >= 0.6 is 15.9 Å². The Morgan fingerprint density at radius 3 is 2.80 bits per heavy atom. The highest BCUT2D eigenvalue weighted by Crippen LogP contribution is 2.24. The molecule has 0 bridgehead atoms. The summed E-state index contributed by atoms with van der Waals surface area (Å²) in [7, 11) is 0. The number of carbonyl (C=O) groups excluding carboxylic acids is 1. The van der Waals surface area contributed by atoms with Gasteiger partial charge in [0.15, 0.2) is 0 Å². The predicted molar refractivity (Wildman–Crippen MR) is 77.4 cm³/mol. The lowest BCUT2D eigenvalue weighted by Gasteiger charge is -2.36. The number of amides is 1. The molecule has 1 saturated heterocycles. The monoisotopic (exact) mass is 345 g/mol. The third-order valence-corrected chi connectivity index (χ3v) is 3.52. The van der Waals surface area contributed by atoms with Gasteiger partial charge in [-0.3, -0.25) is 4.68 Å². The van der Waals surface area contributed by atoms with Crippen molar-refractivity contribution in [1.29, 1.82) is 0 Å². The lowest BCUT2D eigenvalue weighted by molar-refractivity contribution is -0.00747. The van der Waals surface area contributed by atoms with E-state index in [0.29, 0.717) is 19.5 Å². The molecule has 1 aromatic heterocycles. The maximum atomic E-state index is 12.1. The van der Waals surface area contributed by atoms with Gasteiger partial charge in [0.25, 0.3) is 0 Å². The lowest BCUT2D eigenvalue weighted by atomic mass is 10.0. The average molecular weight is 346 g/mol. The van der Waals surface area contributed by atoms with Gasteiger partial charge in [-0.1, -0.05) is 0 Å². The molecule has 112 valence electrons. The first-order valence-electron chi connectivity index (χ1n) is 6.62. The van der Waals surface area contributed by atoms with Gasteiger partial charge in [-0.05, 0) is 43.1 Å². The van der Waals surface area contributed by atoms with Crippen LogP contribution in [0.4, 0.5) is 4.79 Å². The molecule has 1 amide bonds. The summed E-state index contributed by atoms with van der Waals surface area (Å²) >= 11 is 3.33. The van der Waals surface area contributed by atoms with Gasteiger partial charge in [-0.25, -0.2) is 4.79 Å². The van der Waals surface area contributed by atoms with Gasteiger partial charge >= 0.3 is 6.09 Å². The van der Waals surface area contributed by atoms with E-state index in [1.165, 1.54) is 0 Å². The summed E-state index contributed by atoms with van der Waals surface area (Å²) in [6.45, 7) is 6.41. The first-order valence-corrected chi connectivity index (χ1v) is 7.41. The zero-order valence-corrected chi connectivity index (χ0v) is 13.5. The van der Waals surface area contributed by atoms with Crippen LogP contribution in [0.3, 0.4) is 0 Å². The molecule has 1 aliphatic heterocycles. The smallest absolute Gasteiger partial charge is 0.410 e. The van der Waals surface area contributed by atoms with Gasteiger partial charge in [-0.2, -0.15) is 5.10 Å². The van der Waals surface area contributed by atoms with Crippen LogP contribution in [0.5, 0.6) is 0 Å². The first-order chi connectivity index (χ1) is 9.26. The molecule has 2 heterocycles. The van der Waals surface area contributed by atoms with Crippen molar-refractivity contribution in [1.82, 2.24) is 14.7 Å². The number of aliphatic hydroxyl groups is 1. The SMILES string of the molecule is CC(C)(C)OC(=O)N1CC[C@H](O)[C@@H](n2cc(Br)cn2)C1. The highest BCUT2D eigenvalue weighted by Gasteiger charge is 2.33. The standard InChI is InChI=1S/C13H20BrN3O3/c1-13(2,3)20-12(19)16-5-4-11(18)10(8-16)17-7-9(14)6-15-17/h6-7,10-11,18H,4-5,8H2,1-3H3/t10-,11-/m0/s1. The van der Waals surface area contributed by atoms with Crippen molar-refractivity contribution in [3.8, 4) is 0 Å². The molecule has 0 saturated carbocycles. The van der Waals surface area contributed by atoms with Crippen LogP contribution in [0.2, 0.25) is 0 Å². The van der Waals surface area contributed by atoms with E-state index in [1.807, 2.05) is 20.8 Å². The van der Waals surface area contributed by atoms with Crippen molar-refractivity contribution in [3.05, 3.63) is 16.9 Å². The molecule has 20 heavy (non-hydrogen) atoms. The molecule has 6 nitrogen and oxygen atoms in total. The predicted octanol–water partition coefficient (Wildman–Crippen LogP) is 2.19. The molecular formula is C13H20BrN3O3. The fourth-order valence-electron chi connectivity index (χ4n) is 2.17. The quantitative estimate of drug-likeness (QED) is 0.847. The number of likely N-dealkylation sites (tertiary alicyclic amines) is 1. The summed E-state index contributed by atoms with van der Waals surface area (Å²) in [6, 6.07) is -0.248. The van der Waals surface area contributed by atoms with E-state index in [-0.39, 0.29) is 12.1 Å². The first kappa shape index (κ1) is 15.3. The van der Waals surface area contributed by atoms with Crippen LogP contribution in [0.15, 0.2) is 16.9 Å². The van der Waals surface area contributed by atoms with Crippen LogP contribution < -0.4 is 0 Å². The molecule has 0 radical (unpaired) electrons. The Hall–Kier alpha value is -1.08. The number of halogens is 1. The Bertz CT molecular complexity index is 483. The van der Waals surface area contributed by atoms with Gasteiger partial charge < -0.3 is 14.7 Å². The summed E-state index contributed by atoms with van der Waals surface area (Å²) in [5.41, 5.74) is -0.516. The molecule has 0 aliphatic carbocycles. The number of hydrogen-bond donors (Lipinski definition) is 1. The largest absolute Gasteiger partial charge is 0.444 e. The molecule has 1 N–H and O–H groups in total. The minimum absolute atomic E-state index is 0.248. The maximum absolute atomic E-state index is 12.1. The Balaban J connectivity index is 2.06. The number of aromatic nitrogens is 2. The summed E-state index contributed by atoms with van der Waals surface area (Å²) in [5.74, 6) is 0. The minimum Gasteiger partial charge on any atom is -0.444 e. The van der Waals surface area contributed by atoms with E-state index in [4.69, 9.17) is 4.74 Å². The zero-order chi connectivity index (χ0) is 14.9. The Labute approximate surface area is 126 Å². The second kappa shape index (κ2) is 5.73. The van der Waals surface area contributed by atoms with Gasteiger partial charge in [-0.15, -0.1) is 0 Å². The fraction of sp³-hybridized carbons (Fsp3) is 0.692. The summed E-state index contributed by atoms with van der Waals surface area (Å²) in [6.07, 6.45) is 3.12. The molecule has 0 aromatic carbocycles. The summed E-state index contributed by atoms with van der Waals surface area (Å²) < 4.78 is 7.90. The van der Waals surface area contributed by atoms with Gasteiger partial charge in [0, 0.05) is 19.3 Å². The average Bonchev–Trinajstić information content (AvgIpc) is 2.74. The second-order valence-electron chi connectivity index (χ2n) is 5.99. The molecule has 2 atom stereocenters. The molecule has 7 heteroatoms. The van der Waals surface area contributed by atoms with Crippen LogP contribution in [0, 0.1) is 0 Å². The number of aliphatic hydroxyl groups excluding tert-OH is 1. The highest BCUT2D eigenvalue weighted by atomic mass is 79.9. The van der Waals surface area contributed by atoms with E-state index in [2.05, 4.69) is 21.0 Å². The van der Waals surface area contributed by atoms with Crippen molar-refractivity contribution in [3.63, 3.8) is 0 Å². The van der Waals surface area contributed by atoms with Crippen molar-refractivity contribution in [2.75, 3.05) is 13.1 Å². The molecule has 1 fully saturated rings. The number of rotatable bonds is 1. The number of nitrogens with zero attached hydrogens (tertiary/aromatic N) is 3. The van der Waals surface area contributed by atoms with Crippen LogP contribution in [-0.2, 0) is 4.74 Å². The topological polar surface area (TPSA) is 67.6 Å². The summed E-state index contributed by atoms with van der Waals surface area (Å²) in [5, 5.41) is 14.3. The Morgan fingerprint density at radius 2 is 2.25 bits per heavy atom. The van der Waals surface area contributed by atoms with E-state index >= 15 is 0 Å². The van der Waals surface area contributed by atoms with Crippen molar-refractivity contribution < 1.29 is 14.6 Å². The molecule has 0 unspecified atom stereocenters. The number of piperidine rings is 1. The van der Waals surface area contributed by atoms with Crippen LogP contribution in [-0.4, -0.2) is 50.7 Å². The lowest BCUT2D eigenvalue weighted by Crippen LogP contribution is -2.48. The van der Waals surface area contributed by atoms with Gasteiger partial charge in [0.1, 0.15) is 5.60 Å². The molecule has 1 aromatic rings. The van der Waals surface area contributed by atoms with Crippen LogP contribution in [0.25, 0.3) is 0 Å². The zero-order valence-electron chi connectivity index (χ0n) is 11.9. The van der Waals surface area contributed by atoms with Crippen molar-refractivity contribution >= 4 is 22.0 Å². The minimum atomic E-state index is -0.516. The van der Waals surface area contributed by atoms with E-state index in [9.17, 15) is 9.90 Å². The second-order valence-corrected chi connectivity index (χ2v) is 6.90. The van der Waals surface area contributed by atoms with Gasteiger partial charge in [0.2, 0.25) is 0 Å². The van der Waals surface area contributed by atoms with E-state index in [1.54, 1.807) is 22.0 Å². The fourth-order valence-corrected chi connectivity index (χ4v) is 2.47. The molecular weight excluding hydrogens is 326 g/mol. The Morgan fingerprint density at radius 1 is 1.55 bits per heavy atom. The maximum Gasteiger partial charge on any atom is 0.410 e. The van der Waals surface area contributed by atoms with Crippen LogP contribution in [0.1, 0.15) is 33.2 Å². The summed E-state index contributed by atoms with van der Waals surface area (Å²) in [4.78, 5) is 13.7. The molecule has 2 rings (SSSR count). The highest BCUT2D eigenvalue weighted by molar-refractivity contribution is 9.10. The van der Waals surface area contributed by atoms with Crippen molar-refractivity contribution in [2.45, 2.75) is 44.9 Å². The molecule has 1 aliphatic rings. The molecule has 0 spiro atoms. The van der Waals surface area contributed by atoms with Crippen molar-refractivity contribution in [2.24, 2.45) is 0 Å². The number of carbonyl (C=O) groups is 1. The Kier molecular flexibility index (Phi) is 4.39. The normalized spacial score (nSPS) is 23.8.